The molecule has 2 aromatic carbocycles. The van der Waals surface area contributed by atoms with Crippen molar-refractivity contribution in [3.63, 3.8) is 0 Å². The van der Waals surface area contributed by atoms with Crippen LogP contribution in [0.25, 0.3) is 0 Å². The van der Waals surface area contributed by atoms with Crippen molar-refractivity contribution in [1.82, 2.24) is 4.90 Å². The first-order chi connectivity index (χ1) is 15.9. The summed E-state index contributed by atoms with van der Waals surface area (Å²) in [6.45, 7) is 8.58. The maximum atomic E-state index is 11.7. The van der Waals surface area contributed by atoms with E-state index in [1.807, 2.05) is 32.0 Å². The van der Waals surface area contributed by atoms with E-state index in [0.29, 0.717) is 24.6 Å². The van der Waals surface area contributed by atoms with Gasteiger partial charge in [-0.05, 0) is 42.3 Å². The Balaban J connectivity index is 1.37. The number of amides is 1. The fourth-order valence-electron chi connectivity index (χ4n) is 3.64. The van der Waals surface area contributed by atoms with Crippen molar-refractivity contribution in [2.45, 2.75) is 20.0 Å². The molecule has 180 valence electrons. The van der Waals surface area contributed by atoms with Crippen molar-refractivity contribution in [1.29, 1.82) is 0 Å². The number of carbonyl (C=O) groups is 1. The fourth-order valence-corrected chi connectivity index (χ4v) is 3.64. The van der Waals surface area contributed by atoms with E-state index in [2.05, 4.69) is 21.2 Å². The molecule has 1 aliphatic heterocycles. The Morgan fingerprint density at radius 1 is 1.03 bits per heavy atom. The average Bonchev–Trinajstić information content (AvgIpc) is 2.83. The lowest BCUT2D eigenvalue weighted by Gasteiger charge is -2.37. The minimum Gasteiger partial charge on any atom is -0.495 e. The smallest absolute Gasteiger partial charge is 0.411 e. The van der Waals surface area contributed by atoms with Gasteiger partial charge in [0.25, 0.3) is 0 Å². The van der Waals surface area contributed by atoms with E-state index in [0.717, 1.165) is 37.6 Å². The zero-order valence-corrected chi connectivity index (χ0v) is 19.7. The molecule has 1 fully saturated rings. The predicted octanol–water partition coefficient (Wildman–Crippen LogP) is 3.46. The van der Waals surface area contributed by atoms with Gasteiger partial charge in [0.05, 0.1) is 19.4 Å². The molecule has 0 saturated carbocycles. The summed E-state index contributed by atoms with van der Waals surface area (Å²) in [4.78, 5) is 16.3. The molecule has 8 heteroatoms. The highest BCUT2D eigenvalue weighted by molar-refractivity contribution is 5.84. The lowest BCUT2D eigenvalue weighted by molar-refractivity contribution is 0.0663. The molecule has 1 saturated heterocycles. The highest BCUT2D eigenvalue weighted by atomic mass is 16.5. The van der Waals surface area contributed by atoms with Crippen LogP contribution < -0.4 is 19.7 Å². The number of rotatable bonds is 10. The first-order valence-electron chi connectivity index (χ1n) is 11.4. The van der Waals surface area contributed by atoms with Gasteiger partial charge in [0.15, 0.2) is 0 Å². The highest BCUT2D eigenvalue weighted by Gasteiger charge is 2.21. The summed E-state index contributed by atoms with van der Waals surface area (Å²) in [5, 5.41) is 13.1. The summed E-state index contributed by atoms with van der Waals surface area (Å²) in [5.41, 5.74) is 1.74. The Hall–Kier alpha value is -2.97. The Kier molecular flexibility index (Phi) is 9.21. The van der Waals surface area contributed by atoms with Crippen LogP contribution in [-0.2, 0) is 4.74 Å². The zero-order valence-electron chi connectivity index (χ0n) is 19.7. The van der Waals surface area contributed by atoms with Crippen LogP contribution >= 0.6 is 0 Å². The Morgan fingerprint density at radius 3 is 2.39 bits per heavy atom. The number of hydrogen-bond donors (Lipinski definition) is 2. The second-order valence-corrected chi connectivity index (χ2v) is 8.57. The first-order valence-corrected chi connectivity index (χ1v) is 11.4. The minimum atomic E-state index is -0.591. The number of ether oxygens (including phenoxy) is 3. The number of aliphatic hydroxyl groups excluding tert-OH is 1. The molecule has 1 aliphatic rings. The second kappa shape index (κ2) is 12.3. The van der Waals surface area contributed by atoms with Gasteiger partial charge in [-0.15, -0.1) is 0 Å². The largest absolute Gasteiger partial charge is 0.495 e. The molecule has 8 nitrogen and oxygen atoms in total. The monoisotopic (exact) mass is 457 g/mol. The van der Waals surface area contributed by atoms with Gasteiger partial charge >= 0.3 is 6.09 Å². The summed E-state index contributed by atoms with van der Waals surface area (Å²) in [7, 11) is 1.69. The van der Waals surface area contributed by atoms with Crippen molar-refractivity contribution in [2.24, 2.45) is 5.92 Å². The maximum absolute atomic E-state index is 11.7. The third-order valence-corrected chi connectivity index (χ3v) is 5.36. The van der Waals surface area contributed by atoms with Crippen LogP contribution in [0, 0.1) is 5.92 Å². The number of nitrogens with one attached hydrogen (secondary N) is 1. The third kappa shape index (κ3) is 7.83. The number of nitrogens with zero attached hydrogens (tertiary/aromatic N) is 2. The molecule has 33 heavy (non-hydrogen) atoms. The summed E-state index contributed by atoms with van der Waals surface area (Å²) >= 11 is 0. The van der Waals surface area contributed by atoms with Crippen molar-refractivity contribution < 1.29 is 24.1 Å². The van der Waals surface area contributed by atoms with Crippen molar-refractivity contribution in [3.05, 3.63) is 48.5 Å². The van der Waals surface area contributed by atoms with Gasteiger partial charge in [0, 0.05) is 38.4 Å². The van der Waals surface area contributed by atoms with Gasteiger partial charge in [-0.3, -0.25) is 10.2 Å². The van der Waals surface area contributed by atoms with E-state index >= 15 is 0 Å². The normalized spacial score (nSPS) is 15.2. The van der Waals surface area contributed by atoms with Crippen molar-refractivity contribution in [3.8, 4) is 11.5 Å². The van der Waals surface area contributed by atoms with E-state index in [-0.39, 0.29) is 12.5 Å². The minimum absolute atomic E-state index is 0.204. The second-order valence-electron chi connectivity index (χ2n) is 8.57. The molecule has 0 radical (unpaired) electrons. The highest BCUT2D eigenvalue weighted by Crippen LogP contribution is 2.28. The molecule has 2 N–H and O–H groups in total. The van der Waals surface area contributed by atoms with Gasteiger partial charge < -0.3 is 24.2 Å². The van der Waals surface area contributed by atoms with Crippen LogP contribution in [0.5, 0.6) is 11.5 Å². The van der Waals surface area contributed by atoms with E-state index in [9.17, 15) is 9.90 Å². The zero-order chi connectivity index (χ0) is 23.6. The number of hydrogen-bond acceptors (Lipinski definition) is 7. The van der Waals surface area contributed by atoms with Crippen molar-refractivity contribution in [2.75, 3.05) is 63.3 Å². The number of piperazine rings is 1. The molecule has 1 heterocycles. The van der Waals surface area contributed by atoms with Crippen LogP contribution in [0.4, 0.5) is 16.2 Å². The quantitative estimate of drug-likeness (QED) is 0.565. The molecule has 3 rings (SSSR count). The third-order valence-electron chi connectivity index (χ3n) is 5.36. The molecule has 0 bridgehead atoms. The number of anilines is 2. The maximum Gasteiger partial charge on any atom is 0.411 e. The summed E-state index contributed by atoms with van der Waals surface area (Å²) in [6, 6.07) is 15.1. The number of methoxy groups -OCH3 is 1. The SMILES string of the molecule is COc1ccccc1N1CCN(CC(O)COc2ccc(NC(=O)OCC(C)C)cc2)CC1. The summed E-state index contributed by atoms with van der Waals surface area (Å²) in [6.07, 6.45) is -1.06. The molecule has 0 aromatic heterocycles. The molecule has 2 aromatic rings. The predicted molar refractivity (Wildman–Crippen MR) is 129 cm³/mol. The van der Waals surface area contributed by atoms with E-state index in [1.165, 1.54) is 0 Å². The standard InChI is InChI=1S/C25H35N3O5/c1-19(2)17-33-25(30)26-20-8-10-22(11-9-20)32-18-21(29)16-27-12-14-28(15-13-27)23-6-4-5-7-24(23)31-3/h4-11,19,21,29H,12-18H2,1-3H3,(H,26,30). The summed E-state index contributed by atoms with van der Waals surface area (Å²) in [5.74, 6) is 1.80. The number of carbonyl (C=O) groups excluding carboxylic acids is 1. The molecule has 1 amide bonds. The molecule has 1 unspecified atom stereocenters. The van der Waals surface area contributed by atoms with Crippen molar-refractivity contribution >= 4 is 17.5 Å². The van der Waals surface area contributed by atoms with E-state index < -0.39 is 12.2 Å². The van der Waals surface area contributed by atoms with Crippen LogP contribution in [0.3, 0.4) is 0 Å². The van der Waals surface area contributed by atoms with Gasteiger partial charge in [-0.25, -0.2) is 4.79 Å². The van der Waals surface area contributed by atoms with Gasteiger partial charge in [0.2, 0.25) is 0 Å². The lowest BCUT2D eigenvalue weighted by atomic mass is 10.2. The van der Waals surface area contributed by atoms with Crippen LogP contribution in [-0.4, -0.2) is 75.3 Å². The molecule has 0 aliphatic carbocycles. The van der Waals surface area contributed by atoms with Gasteiger partial charge in [-0.2, -0.15) is 0 Å². The van der Waals surface area contributed by atoms with E-state index in [4.69, 9.17) is 14.2 Å². The van der Waals surface area contributed by atoms with Crippen LogP contribution in [0.1, 0.15) is 13.8 Å². The molecule has 1 atom stereocenters. The van der Waals surface area contributed by atoms with E-state index in [1.54, 1.807) is 31.4 Å². The Labute approximate surface area is 196 Å². The number of benzene rings is 2. The average molecular weight is 458 g/mol. The van der Waals surface area contributed by atoms with Crippen LogP contribution in [0.2, 0.25) is 0 Å². The van der Waals surface area contributed by atoms with Crippen LogP contribution in [0.15, 0.2) is 48.5 Å². The Bertz CT molecular complexity index is 867. The number of β-amino-alcohol motifs (C(OH)–C–C–N with tert-alkyl or cyclic N) is 1. The lowest BCUT2D eigenvalue weighted by Crippen LogP contribution is -2.49. The molecular weight excluding hydrogens is 422 g/mol. The Morgan fingerprint density at radius 2 is 1.73 bits per heavy atom. The molecule has 0 spiro atoms. The molecular formula is C25H35N3O5. The van der Waals surface area contributed by atoms with Gasteiger partial charge in [0.1, 0.15) is 24.2 Å². The summed E-state index contributed by atoms with van der Waals surface area (Å²) < 4.78 is 16.3. The first kappa shape index (κ1) is 24.7. The number of aliphatic hydroxyl groups is 1. The fraction of sp³-hybridized carbons (Fsp3) is 0.480. The van der Waals surface area contributed by atoms with Gasteiger partial charge in [-0.1, -0.05) is 26.0 Å². The topological polar surface area (TPSA) is 83.5 Å². The number of para-hydroxylation sites is 2.